The molecule has 0 fully saturated rings. The van der Waals surface area contributed by atoms with Gasteiger partial charge in [-0.2, -0.15) is 0 Å². The maximum Gasteiger partial charge on any atom is 0.248 e. The number of para-hydroxylation sites is 2. The number of aryl methyl sites for hydroxylation is 8. The van der Waals surface area contributed by atoms with Crippen LogP contribution >= 0.6 is 0 Å². The lowest BCUT2D eigenvalue weighted by Gasteiger charge is -2.13. The second-order valence-electron chi connectivity index (χ2n) is 18.8. The Kier molecular flexibility index (Phi) is 26.0. The molecule has 0 aliphatic carbocycles. The number of rotatable bonds is 13. The average molecular weight is 1020 g/mol. The van der Waals surface area contributed by atoms with E-state index in [9.17, 15) is 14.4 Å². The third-order valence-electron chi connectivity index (χ3n) is 12.7. The fourth-order valence-corrected chi connectivity index (χ4v) is 7.78. The Balaban J connectivity index is 0.000000285. The Labute approximate surface area is 454 Å². The Morgan fingerprint density at radius 3 is 1.30 bits per heavy atom. The van der Waals surface area contributed by atoms with Gasteiger partial charge in [0.2, 0.25) is 5.91 Å². The zero-order valence-electron chi connectivity index (χ0n) is 47.1. The lowest BCUT2D eigenvalue weighted by atomic mass is 10.0. The predicted molar refractivity (Wildman–Crippen MR) is 327 cm³/mol. The first-order chi connectivity index (χ1) is 36.3. The van der Waals surface area contributed by atoms with Gasteiger partial charge in [0.1, 0.15) is 18.3 Å². The van der Waals surface area contributed by atoms with E-state index in [0.717, 1.165) is 59.2 Å². The molecule has 0 unspecified atom stereocenters. The quantitative estimate of drug-likeness (QED) is 0.0336. The number of allylic oxidation sites excluding steroid dienone is 3. The van der Waals surface area contributed by atoms with Crippen LogP contribution in [-0.4, -0.2) is 23.6 Å². The van der Waals surface area contributed by atoms with Crippen LogP contribution in [0, 0.1) is 69.2 Å². The van der Waals surface area contributed by atoms with Crippen molar-refractivity contribution in [1.29, 1.82) is 0 Å². The van der Waals surface area contributed by atoms with E-state index in [0.29, 0.717) is 16.9 Å². The van der Waals surface area contributed by atoms with Gasteiger partial charge in [-0.1, -0.05) is 97.1 Å². The predicted octanol–water partition coefficient (Wildman–Crippen LogP) is 16.9. The van der Waals surface area contributed by atoms with E-state index in [1.54, 1.807) is 37.3 Å². The number of carbonyl (C=O) groups excluding carboxylic acids is 3. The highest BCUT2D eigenvalue weighted by molar-refractivity contribution is 6.03. The molecule has 76 heavy (non-hydrogen) atoms. The van der Waals surface area contributed by atoms with Gasteiger partial charge in [0, 0.05) is 41.7 Å². The van der Waals surface area contributed by atoms with Gasteiger partial charge in [-0.05, 0) is 234 Å². The minimum Gasteiger partial charge on any atom is -0.508 e. The van der Waals surface area contributed by atoms with Gasteiger partial charge in [0.05, 0.1) is 11.4 Å². The third-order valence-corrected chi connectivity index (χ3v) is 12.7. The molecule has 8 nitrogen and oxygen atoms in total. The number of aromatic hydroxyl groups is 1. The topological polar surface area (TPSA) is 134 Å². The van der Waals surface area contributed by atoms with Crippen molar-refractivity contribution < 1.29 is 19.5 Å². The highest BCUT2D eigenvalue weighted by Gasteiger charge is 2.06. The van der Waals surface area contributed by atoms with Crippen LogP contribution in [0.1, 0.15) is 125 Å². The van der Waals surface area contributed by atoms with Crippen LogP contribution in [-0.2, 0) is 17.9 Å². The number of nitrogens with one attached hydrogen (secondary N) is 3. The summed E-state index contributed by atoms with van der Waals surface area (Å²) in [5.74, 6) is -0.00972. The van der Waals surface area contributed by atoms with Crippen molar-refractivity contribution in [2.75, 3.05) is 21.7 Å². The largest absolute Gasteiger partial charge is 0.508 e. The minimum atomic E-state index is -0.207. The SMILES string of the molecule is C/C=C/c1ccc(C=O)c(C)c1.C/C=C/c1ccc(CNc2cc(C)c(C)c(C)c2)c(C)c1.C=CC.Cc1cc(/C=C/C(=O)Nc2ccccc2N)ccc1CNc1cc(C)c(C)c(C)c1.Cc1cc(O)ccc1C=O. The summed E-state index contributed by atoms with van der Waals surface area (Å²) in [4.78, 5) is 32.9. The summed E-state index contributed by atoms with van der Waals surface area (Å²) in [5, 5.41) is 18.8. The zero-order chi connectivity index (χ0) is 56.3. The molecule has 6 N–H and O–H groups in total. The first-order valence-electron chi connectivity index (χ1n) is 25.6. The van der Waals surface area contributed by atoms with E-state index in [1.165, 1.54) is 79.0 Å². The fraction of sp³-hybridized carbons (Fsp3) is 0.221. The minimum absolute atomic E-state index is 0.197. The molecule has 396 valence electrons. The van der Waals surface area contributed by atoms with E-state index >= 15 is 0 Å². The first-order valence-corrected chi connectivity index (χ1v) is 25.6. The van der Waals surface area contributed by atoms with Crippen molar-refractivity contribution in [3.8, 4) is 5.75 Å². The van der Waals surface area contributed by atoms with Crippen molar-refractivity contribution >= 4 is 59.5 Å². The second-order valence-corrected chi connectivity index (χ2v) is 18.8. The normalized spacial score (nSPS) is 10.4. The molecule has 0 aliphatic heterocycles. The lowest BCUT2D eigenvalue weighted by Crippen LogP contribution is -2.09. The van der Waals surface area contributed by atoms with Crippen molar-refractivity contribution in [2.45, 2.75) is 103 Å². The Morgan fingerprint density at radius 2 is 0.908 bits per heavy atom. The van der Waals surface area contributed by atoms with E-state index < -0.39 is 0 Å². The summed E-state index contributed by atoms with van der Waals surface area (Å²) < 4.78 is 0. The van der Waals surface area contributed by atoms with Gasteiger partial charge >= 0.3 is 0 Å². The molecule has 0 heterocycles. The van der Waals surface area contributed by atoms with Crippen LogP contribution in [0.15, 0.2) is 152 Å². The van der Waals surface area contributed by atoms with E-state index in [4.69, 9.17) is 10.8 Å². The molecule has 0 bridgehead atoms. The molecule has 7 aromatic rings. The third kappa shape index (κ3) is 20.4. The average Bonchev–Trinajstić information content (AvgIpc) is 3.38. The van der Waals surface area contributed by atoms with Crippen molar-refractivity contribution in [3.05, 3.63) is 247 Å². The number of anilines is 4. The Morgan fingerprint density at radius 1 is 0.513 bits per heavy atom. The standard InChI is InChI=1S/C26H29N3O.C20H25N.C11H12O.C8H8O2.C3H6/c1-17-14-23(15-18(2)20(17)4)28-16-22-11-9-21(13-19(22)3)10-12-26(30)29-25-8-6-5-7-24(25)27;1-6-7-18-8-9-19(16(4)10-18)13-21-20-11-14(2)17(5)15(3)12-20;1-3-4-10-5-6-11(8-12)9(2)7-10;1-6-4-8(10)3-2-7(6)5-9;1-3-2/h5-15,28H,16,27H2,1-4H3,(H,29,30);6-12,21H,13H2,1-5H3;3-8H,1-2H3;2-5,10H,1H3;3H,1H2,2H3/b12-10+;7-6+;4-3+;;. The molecule has 8 heteroatoms. The molecule has 0 atom stereocenters. The van der Waals surface area contributed by atoms with E-state index in [-0.39, 0.29) is 11.7 Å². The number of hydrogen-bond donors (Lipinski definition) is 5. The molecule has 0 aliphatic rings. The van der Waals surface area contributed by atoms with Crippen molar-refractivity contribution in [1.82, 2.24) is 0 Å². The molecule has 7 aromatic carbocycles. The van der Waals surface area contributed by atoms with Crippen LogP contribution in [0.4, 0.5) is 22.7 Å². The number of nitrogen functional groups attached to an aromatic ring is 1. The van der Waals surface area contributed by atoms with Gasteiger partial charge < -0.3 is 26.8 Å². The summed E-state index contributed by atoms with van der Waals surface area (Å²) in [5.41, 5.74) is 29.1. The van der Waals surface area contributed by atoms with Crippen LogP contribution in [0.25, 0.3) is 18.2 Å². The number of hydrogen-bond acceptors (Lipinski definition) is 7. The van der Waals surface area contributed by atoms with Crippen LogP contribution < -0.4 is 21.7 Å². The van der Waals surface area contributed by atoms with Gasteiger partial charge in [0.25, 0.3) is 0 Å². The molecular weight excluding hydrogens is 937 g/mol. The van der Waals surface area contributed by atoms with E-state index in [2.05, 4.69) is 145 Å². The lowest BCUT2D eigenvalue weighted by molar-refractivity contribution is -0.111. The molecule has 0 spiro atoms. The maximum atomic E-state index is 12.2. The summed E-state index contributed by atoms with van der Waals surface area (Å²) in [6.07, 6.45) is 14.9. The number of carbonyl (C=O) groups is 3. The summed E-state index contributed by atoms with van der Waals surface area (Å²) in [7, 11) is 0. The first kappa shape index (κ1) is 61.8. The second kappa shape index (κ2) is 32.0. The molecule has 0 saturated carbocycles. The zero-order valence-corrected chi connectivity index (χ0v) is 47.1. The molecule has 7 rings (SSSR count). The fourth-order valence-electron chi connectivity index (χ4n) is 7.78. The summed E-state index contributed by atoms with van der Waals surface area (Å²) in [6, 6.07) is 39.3. The number of nitrogens with two attached hydrogens (primary N) is 1. The molecule has 0 aromatic heterocycles. The van der Waals surface area contributed by atoms with Gasteiger partial charge in [-0.3, -0.25) is 14.4 Å². The highest BCUT2D eigenvalue weighted by Crippen LogP contribution is 2.23. The number of phenols is 1. The maximum absolute atomic E-state index is 12.2. The van der Waals surface area contributed by atoms with Crippen LogP contribution in [0.2, 0.25) is 0 Å². The number of amides is 1. The van der Waals surface area contributed by atoms with Gasteiger partial charge in [-0.25, -0.2) is 0 Å². The smallest absolute Gasteiger partial charge is 0.248 e. The molecule has 1 amide bonds. The molecular formula is C68H80N4O4. The number of phenolic OH excluding ortho intramolecular Hbond substituents is 1. The van der Waals surface area contributed by atoms with Crippen LogP contribution in [0.3, 0.4) is 0 Å². The number of aldehydes is 2. The van der Waals surface area contributed by atoms with Crippen LogP contribution in [0.5, 0.6) is 5.75 Å². The summed E-state index contributed by atoms with van der Waals surface area (Å²) in [6.45, 7) is 31.8. The Bertz CT molecular complexity index is 3110. The van der Waals surface area contributed by atoms with Crippen molar-refractivity contribution in [2.24, 2.45) is 0 Å². The summed E-state index contributed by atoms with van der Waals surface area (Å²) >= 11 is 0. The van der Waals surface area contributed by atoms with Crippen molar-refractivity contribution in [3.63, 3.8) is 0 Å². The van der Waals surface area contributed by atoms with Gasteiger partial charge in [0.15, 0.2) is 0 Å². The van der Waals surface area contributed by atoms with Gasteiger partial charge in [-0.15, -0.1) is 6.58 Å². The van der Waals surface area contributed by atoms with E-state index in [1.807, 2.05) is 82.3 Å². The Hall–Kier alpha value is -8.49. The highest BCUT2D eigenvalue weighted by atomic mass is 16.3. The monoisotopic (exact) mass is 1020 g/mol. The molecule has 0 radical (unpaired) electrons. The number of benzene rings is 7. The molecule has 0 saturated heterocycles.